The van der Waals surface area contributed by atoms with Crippen molar-refractivity contribution in [2.24, 2.45) is 0 Å². The van der Waals surface area contributed by atoms with Crippen LogP contribution in [0.15, 0.2) is 0 Å². The number of nitrogens with one attached hydrogen (secondary N) is 1. The predicted octanol–water partition coefficient (Wildman–Crippen LogP) is 1.67. The normalized spacial score (nSPS) is 18.7. The molecule has 1 saturated heterocycles. The molecular formula is C10H16F3NO2. The van der Waals surface area contributed by atoms with Crippen LogP contribution in [0.5, 0.6) is 0 Å². The molecule has 1 aliphatic rings. The summed E-state index contributed by atoms with van der Waals surface area (Å²) in [6, 6.07) is 0. The second-order valence-electron chi connectivity index (χ2n) is 3.91. The van der Waals surface area contributed by atoms with Crippen LogP contribution in [0.2, 0.25) is 0 Å². The molecule has 0 aromatic heterocycles. The fourth-order valence-corrected chi connectivity index (χ4v) is 1.53. The summed E-state index contributed by atoms with van der Waals surface area (Å²) < 4.78 is 40.7. The zero-order valence-corrected chi connectivity index (χ0v) is 8.98. The van der Waals surface area contributed by atoms with Gasteiger partial charge in [-0.25, -0.2) is 0 Å². The molecule has 0 unspecified atom stereocenters. The number of halogens is 3. The number of carbonyl (C=O) groups excluding carboxylic acids is 1. The molecule has 0 amide bonds. The third-order valence-corrected chi connectivity index (χ3v) is 2.45. The zero-order chi connectivity index (χ0) is 12.0. The smallest absolute Gasteiger partial charge is 0.370 e. The van der Waals surface area contributed by atoms with E-state index in [0.717, 1.165) is 25.9 Å². The van der Waals surface area contributed by atoms with Gasteiger partial charge >= 0.3 is 6.18 Å². The number of alkyl halides is 3. The van der Waals surface area contributed by atoms with Crippen LogP contribution in [0, 0.1) is 0 Å². The van der Waals surface area contributed by atoms with Crippen LogP contribution in [0.3, 0.4) is 0 Å². The minimum Gasteiger partial charge on any atom is -0.370 e. The number of ether oxygens (including phenoxy) is 1. The first-order valence-electron chi connectivity index (χ1n) is 5.38. The van der Waals surface area contributed by atoms with E-state index >= 15 is 0 Å². The summed E-state index contributed by atoms with van der Waals surface area (Å²) in [6.07, 6.45) is -4.16. The molecule has 0 bridgehead atoms. The average molecular weight is 239 g/mol. The molecular weight excluding hydrogens is 223 g/mol. The fraction of sp³-hybridized carbons (Fsp3) is 0.900. The van der Waals surface area contributed by atoms with Gasteiger partial charge in [0.25, 0.3) is 0 Å². The Bertz CT molecular complexity index is 225. The van der Waals surface area contributed by atoms with E-state index in [2.05, 4.69) is 5.32 Å². The maximum atomic E-state index is 11.8. The minimum absolute atomic E-state index is 0.0103. The van der Waals surface area contributed by atoms with Crippen molar-refractivity contribution in [3.05, 3.63) is 0 Å². The van der Waals surface area contributed by atoms with Crippen LogP contribution in [0.4, 0.5) is 13.2 Å². The molecule has 1 rings (SSSR count). The molecule has 0 aliphatic carbocycles. The number of hydrogen-bond acceptors (Lipinski definition) is 3. The Hall–Kier alpha value is -0.620. The highest BCUT2D eigenvalue weighted by Gasteiger charge is 2.28. The maximum absolute atomic E-state index is 11.8. The Morgan fingerprint density at radius 1 is 1.31 bits per heavy atom. The minimum atomic E-state index is -4.26. The second kappa shape index (κ2) is 6.20. The highest BCUT2D eigenvalue weighted by Crippen LogP contribution is 2.21. The monoisotopic (exact) mass is 239 g/mol. The Kier molecular flexibility index (Phi) is 5.21. The lowest BCUT2D eigenvalue weighted by atomic mass is 10.1. The van der Waals surface area contributed by atoms with Crippen molar-refractivity contribution in [1.82, 2.24) is 5.32 Å². The number of rotatable bonds is 5. The quantitative estimate of drug-likeness (QED) is 0.793. The van der Waals surface area contributed by atoms with Crippen LogP contribution in [-0.2, 0) is 9.53 Å². The number of hydrogen-bond donors (Lipinski definition) is 1. The first kappa shape index (κ1) is 13.4. The number of ketones is 1. The van der Waals surface area contributed by atoms with Crippen molar-refractivity contribution >= 4 is 5.78 Å². The molecule has 0 aromatic carbocycles. The van der Waals surface area contributed by atoms with Gasteiger partial charge in [-0.15, -0.1) is 0 Å². The zero-order valence-electron chi connectivity index (χ0n) is 8.98. The molecule has 1 N–H and O–H groups in total. The van der Waals surface area contributed by atoms with Gasteiger partial charge in [-0.05, 0) is 25.9 Å². The Morgan fingerprint density at radius 3 is 2.50 bits per heavy atom. The second-order valence-corrected chi connectivity index (χ2v) is 3.91. The van der Waals surface area contributed by atoms with Crippen LogP contribution in [-0.4, -0.2) is 37.8 Å². The van der Waals surface area contributed by atoms with E-state index in [1.54, 1.807) is 0 Å². The lowest BCUT2D eigenvalue weighted by Crippen LogP contribution is -2.33. The van der Waals surface area contributed by atoms with Crippen LogP contribution < -0.4 is 5.32 Å². The standard InChI is InChI=1S/C10H16F3NO2/c11-10(12,13)4-1-8(15)7-16-9-2-5-14-6-3-9/h9,14H,1-7H2. The van der Waals surface area contributed by atoms with Crippen LogP contribution in [0.25, 0.3) is 0 Å². The molecule has 0 radical (unpaired) electrons. The van der Waals surface area contributed by atoms with Crippen molar-refractivity contribution in [3.8, 4) is 0 Å². The summed E-state index contributed by atoms with van der Waals surface area (Å²) in [7, 11) is 0. The van der Waals surface area contributed by atoms with Crippen molar-refractivity contribution in [2.45, 2.75) is 38.0 Å². The van der Waals surface area contributed by atoms with Crippen molar-refractivity contribution in [1.29, 1.82) is 0 Å². The molecule has 0 atom stereocenters. The molecule has 3 nitrogen and oxygen atoms in total. The summed E-state index contributed by atoms with van der Waals surface area (Å²) in [5.41, 5.74) is 0. The lowest BCUT2D eigenvalue weighted by Gasteiger charge is -2.22. The highest BCUT2D eigenvalue weighted by molar-refractivity contribution is 5.79. The summed E-state index contributed by atoms with van der Waals surface area (Å²) in [6.45, 7) is 1.48. The average Bonchev–Trinajstić information content (AvgIpc) is 2.24. The molecule has 1 fully saturated rings. The Labute approximate surface area is 92.3 Å². The molecule has 94 valence electrons. The van der Waals surface area contributed by atoms with E-state index < -0.39 is 24.8 Å². The largest absolute Gasteiger partial charge is 0.389 e. The topological polar surface area (TPSA) is 38.3 Å². The van der Waals surface area contributed by atoms with E-state index in [9.17, 15) is 18.0 Å². The molecule has 0 saturated carbocycles. The summed E-state index contributed by atoms with van der Waals surface area (Å²) in [4.78, 5) is 11.1. The summed E-state index contributed by atoms with van der Waals surface area (Å²) in [5.74, 6) is -0.476. The first-order chi connectivity index (χ1) is 7.47. The molecule has 6 heteroatoms. The van der Waals surface area contributed by atoms with Gasteiger partial charge in [-0.3, -0.25) is 4.79 Å². The van der Waals surface area contributed by atoms with Gasteiger partial charge in [-0.2, -0.15) is 13.2 Å². The van der Waals surface area contributed by atoms with Crippen molar-refractivity contribution < 1.29 is 22.7 Å². The maximum Gasteiger partial charge on any atom is 0.389 e. The Morgan fingerprint density at radius 2 is 1.94 bits per heavy atom. The third-order valence-electron chi connectivity index (χ3n) is 2.45. The van der Waals surface area contributed by atoms with E-state index in [1.807, 2.05) is 0 Å². The summed E-state index contributed by atoms with van der Waals surface area (Å²) in [5, 5.41) is 3.13. The first-order valence-corrected chi connectivity index (χ1v) is 5.38. The van der Waals surface area contributed by atoms with Crippen molar-refractivity contribution in [3.63, 3.8) is 0 Å². The van der Waals surface area contributed by atoms with Gasteiger partial charge in [0, 0.05) is 6.42 Å². The van der Waals surface area contributed by atoms with Crippen molar-refractivity contribution in [2.75, 3.05) is 19.7 Å². The van der Waals surface area contributed by atoms with E-state index in [4.69, 9.17) is 4.74 Å². The fourth-order valence-electron chi connectivity index (χ4n) is 1.53. The highest BCUT2D eigenvalue weighted by atomic mass is 19.4. The van der Waals surface area contributed by atoms with Gasteiger partial charge in [0.15, 0.2) is 5.78 Å². The van der Waals surface area contributed by atoms with Gasteiger partial charge in [0.1, 0.15) is 6.61 Å². The van der Waals surface area contributed by atoms with E-state index in [-0.39, 0.29) is 12.7 Å². The third kappa shape index (κ3) is 6.07. The summed E-state index contributed by atoms with van der Waals surface area (Å²) >= 11 is 0. The molecule has 0 spiro atoms. The van der Waals surface area contributed by atoms with E-state index in [0.29, 0.717) is 0 Å². The molecule has 1 heterocycles. The number of carbonyl (C=O) groups is 1. The lowest BCUT2D eigenvalue weighted by molar-refractivity contribution is -0.146. The van der Waals surface area contributed by atoms with Crippen LogP contribution >= 0.6 is 0 Å². The Balaban J connectivity index is 2.09. The van der Waals surface area contributed by atoms with Gasteiger partial charge in [0.05, 0.1) is 12.5 Å². The van der Waals surface area contributed by atoms with Gasteiger partial charge in [0.2, 0.25) is 0 Å². The van der Waals surface area contributed by atoms with Gasteiger partial charge < -0.3 is 10.1 Å². The predicted molar refractivity (Wildman–Crippen MR) is 52.1 cm³/mol. The number of piperidine rings is 1. The van der Waals surface area contributed by atoms with Gasteiger partial charge in [-0.1, -0.05) is 0 Å². The number of Topliss-reactive ketones (excluding diaryl/α,β-unsaturated/α-hetero) is 1. The molecule has 16 heavy (non-hydrogen) atoms. The van der Waals surface area contributed by atoms with Crippen LogP contribution in [0.1, 0.15) is 25.7 Å². The molecule has 0 aromatic rings. The molecule has 1 aliphatic heterocycles. The SMILES string of the molecule is O=C(CCC(F)(F)F)COC1CCNCC1. The van der Waals surface area contributed by atoms with E-state index in [1.165, 1.54) is 0 Å².